The zero-order chi connectivity index (χ0) is 23.4. The van der Waals surface area contributed by atoms with E-state index in [0.29, 0.717) is 17.3 Å². The number of carbonyl (C=O) groups is 1. The van der Waals surface area contributed by atoms with Crippen LogP contribution in [0.1, 0.15) is 24.2 Å². The number of halogens is 3. The molecule has 1 fully saturated rings. The number of hydrogen-bond donors (Lipinski definition) is 3. The van der Waals surface area contributed by atoms with Gasteiger partial charge >= 0.3 is 12.2 Å². The maximum absolute atomic E-state index is 13.1. The number of para-hydroxylation sites is 1. The Bertz CT molecular complexity index is 1130. The Hall–Kier alpha value is -3.82. The van der Waals surface area contributed by atoms with E-state index in [9.17, 15) is 18.0 Å². The lowest BCUT2D eigenvalue weighted by atomic mass is 10.1. The molecule has 0 radical (unpaired) electrons. The molecule has 0 aliphatic carbocycles. The molecule has 3 N–H and O–H groups in total. The molecule has 4 rings (SSSR count). The molecule has 10 heteroatoms. The van der Waals surface area contributed by atoms with E-state index in [1.54, 1.807) is 24.3 Å². The number of carbonyl (C=O) groups excluding carboxylic acids is 1. The molecule has 2 aromatic carbocycles. The Morgan fingerprint density at radius 3 is 2.30 bits per heavy atom. The predicted octanol–water partition coefficient (Wildman–Crippen LogP) is 5.79. The van der Waals surface area contributed by atoms with E-state index >= 15 is 0 Å². The van der Waals surface area contributed by atoms with E-state index in [1.807, 2.05) is 13.0 Å². The van der Waals surface area contributed by atoms with Crippen molar-refractivity contribution >= 4 is 34.7 Å². The number of amides is 2. The minimum atomic E-state index is -4.56. The van der Waals surface area contributed by atoms with Gasteiger partial charge in [-0.2, -0.15) is 13.2 Å². The Morgan fingerprint density at radius 2 is 1.61 bits per heavy atom. The quantitative estimate of drug-likeness (QED) is 0.453. The lowest BCUT2D eigenvalue weighted by molar-refractivity contribution is -0.136. The van der Waals surface area contributed by atoms with Gasteiger partial charge in [0.1, 0.15) is 17.5 Å². The van der Waals surface area contributed by atoms with Crippen molar-refractivity contribution in [3.8, 4) is 0 Å². The van der Waals surface area contributed by atoms with Crippen molar-refractivity contribution in [2.24, 2.45) is 0 Å². The maximum atomic E-state index is 13.1. The third-order valence-corrected chi connectivity index (χ3v) is 5.15. The molecular formula is C23H23F3N6O. The normalized spacial score (nSPS) is 13.6. The van der Waals surface area contributed by atoms with Gasteiger partial charge in [0.25, 0.3) is 0 Å². The second kappa shape index (κ2) is 9.35. The highest BCUT2D eigenvalue weighted by atomic mass is 19.4. The zero-order valence-corrected chi connectivity index (χ0v) is 17.9. The average molecular weight is 456 g/mol. The molecule has 0 spiro atoms. The summed E-state index contributed by atoms with van der Waals surface area (Å²) in [6.45, 7) is 3.80. The largest absolute Gasteiger partial charge is 0.418 e. The summed E-state index contributed by atoms with van der Waals surface area (Å²) in [7, 11) is 0. The van der Waals surface area contributed by atoms with Gasteiger partial charge in [-0.15, -0.1) is 0 Å². The second-order valence-electron chi connectivity index (χ2n) is 7.68. The van der Waals surface area contributed by atoms with E-state index in [-0.39, 0.29) is 5.69 Å². The molecule has 33 heavy (non-hydrogen) atoms. The number of alkyl halides is 3. The number of anilines is 5. The van der Waals surface area contributed by atoms with E-state index in [0.717, 1.165) is 43.5 Å². The molecule has 0 bridgehead atoms. The predicted molar refractivity (Wildman–Crippen MR) is 122 cm³/mol. The molecule has 1 aliphatic heterocycles. The van der Waals surface area contributed by atoms with Crippen LogP contribution in [0.5, 0.6) is 0 Å². The highest BCUT2D eigenvalue weighted by molar-refractivity contribution is 6.00. The molecule has 3 aromatic rings. The maximum Gasteiger partial charge on any atom is 0.418 e. The van der Waals surface area contributed by atoms with Gasteiger partial charge in [-0.05, 0) is 56.2 Å². The van der Waals surface area contributed by atoms with Crippen molar-refractivity contribution in [1.82, 2.24) is 9.97 Å². The van der Waals surface area contributed by atoms with Crippen LogP contribution in [-0.2, 0) is 6.18 Å². The number of rotatable bonds is 5. The third-order valence-electron chi connectivity index (χ3n) is 5.15. The van der Waals surface area contributed by atoms with Crippen LogP contribution in [0.15, 0.2) is 54.6 Å². The van der Waals surface area contributed by atoms with Crippen molar-refractivity contribution in [3.05, 3.63) is 66.0 Å². The van der Waals surface area contributed by atoms with E-state index in [2.05, 4.69) is 30.8 Å². The SMILES string of the molecule is Cc1nc(Nc2ccc(NC(=O)Nc3ccccc3C(F)(F)F)cc2)cc(N2CCCC2)n1. The van der Waals surface area contributed by atoms with E-state index in [4.69, 9.17) is 0 Å². The van der Waals surface area contributed by atoms with Gasteiger partial charge in [0.2, 0.25) is 0 Å². The van der Waals surface area contributed by atoms with Gasteiger partial charge in [0.15, 0.2) is 0 Å². The average Bonchev–Trinajstić information content (AvgIpc) is 3.29. The van der Waals surface area contributed by atoms with Crippen LogP contribution in [0.3, 0.4) is 0 Å². The summed E-state index contributed by atoms with van der Waals surface area (Å²) in [5, 5.41) is 8.01. The van der Waals surface area contributed by atoms with Gasteiger partial charge in [-0.1, -0.05) is 12.1 Å². The number of aromatic nitrogens is 2. The summed E-state index contributed by atoms with van der Waals surface area (Å²) in [5.41, 5.74) is -0.0464. The Morgan fingerprint density at radius 1 is 0.939 bits per heavy atom. The number of benzene rings is 2. The fourth-order valence-electron chi connectivity index (χ4n) is 3.63. The molecule has 2 heterocycles. The van der Waals surface area contributed by atoms with Gasteiger partial charge in [-0.25, -0.2) is 14.8 Å². The van der Waals surface area contributed by atoms with Crippen LogP contribution in [0.2, 0.25) is 0 Å². The summed E-state index contributed by atoms with van der Waals surface area (Å²) >= 11 is 0. The molecular weight excluding hydrogens is 433 g/mol. The monoisotopic (exact) mass is 456 g/mol. The number of nitrogens with one attached hydrogen (secondary N) is 3. The fraction of sp³-hybridized carbons (Fsp3) is 0.261. The molecule has 1 aromatic heterocycles. The number of aryl methyl sites for hydroxylation is 1. The summed E-state index contributed by atoms with van der Waals surface area (Å²) in [4.78, 5) is 23.4. The van der Waals surface area contributed by atoms with Crippen LogP contribution < -0.4 is 20.9 Å². The first-order chi connectivity index (χ1) is 15.8. The summed E-state index contributed by atoms with van der Waals surface area (Å²) in [6.07, 6.45) is -2.27. The van der Waals surface area contributed by atoms with Crippen LogP contribution in [0, 0.1) is 6.92 Å². The van der Waals surface area contributed by atoms with E-state index in [1.165, 1.54) is 18.2 Å². The first kappa shape index (κ1) is 22.4. The van der Waals surface area contributed by atoms with Crippen molar-refractivity contribution in [1.29, 1.82) is 0 Å². The minimum absolute atomic E-state index is 0.311. The van der Waals surface area contributed by atoms with Crippen molar-refractivity contribution in [2.75, 3.05) is 33.9 Å². The van der Waals surface area contributed by atoms with Crippen LogP contribution in [0.4, 0.5) is 46.7 Å². The Labute approximate surface area is 189 Å². The lowest BCUT2D eigenvalue weighted by Gasteiger charge is -2.18. The molecule has 0 unspecified atom stereocenters. The number of nitrogens with zero attached hydrogens (tertiary/aromatic N) is 3. The molecule has 2 amide bonds. The van der Waals surface area contributed by atoms with Crippen LogP contribution in [0.25, 0.3) is 0 Å². The lowest BCUT2D eigenvalue weighted by Crippen LogP contribution is -2.21. The molecule has 1 saturated heterocycles. The number of urea groups is 1. The van der Waals surface area contributed by atoms with Crippen molar-refractivity contribution in [2.45, 2.75) is 25.9 Å². The highest BCUT2D eigenvalue weighted by Gasteiger charge is 2.33. The smallest absolute Gasteiger partial charge is 0.356 e. The minimum Gasteiger partial charge on any atom is -0.356 e. The van der Waals surface area contributed by atoms with Crippen LogP contribution >= 0.6 is 0 Å². The summed E-state index contributed by atoms with van der Waals surface area (Å²) in [5.74, 6) is 2.21. The fourth-order valence-corrected chi connectivity index (χ4v) is 3.63. The second-order valence-corrected chi connectivity index (χ2v) is 7.68. The molecule has 0 saturated carbocycles. The highest BCUT2D eigenvalue weighted by Crippen LogP contribution is 2.34. The van der Waals surface area contributed by atoms with Gasteiger partial charge in [0, 0.05) is 30.5 Å². The number of hydrogen-bond acceptors (Lipinski definition) is 5. The van der Waals surface area contributed by atoms with Gasteiger partial charge in [-0.3, -0.25) is 0 Å². The van der Waals surface area contributed by atoms with Crippen LogP contribution in [-0.4, -0.2) is 29.1 Å². The topological polar surface area (TPSA) is 82.2 Å². The van der Waals surface area contributed by atoms with Gasteiger partial charge < -0.3 is 20.9 Å². The van der Waals surface area contributed by atoms with Crippen molar-refractivity contribution in [3.63, 3.8) is 0 Å². The molecule has 7 nitrogen and oxygen atoms in total. The summed E-state index contributed by atoms with van der Waals surface area (Å²) in [6, 6.07) is 12.7. The van der Waals surface area contributed by atoms with Gasteiger partial charge in [0.05, 0.1) is 11.3 Å². The van der Waals surface area contributed by atoms with Crippen molar-refractivity contribution < 1.29 is 18.0 Å². The standard InChI is InChI=1S/C23H23F3N6O/c1-15-27-20(14-21(28-15)32-12-4-5-13-32)29-16-8-10-17(11-9-16)30-22(33)31-19-7-3-2-6-18(19)23(24,25)26/h2-3,6-11,14H,4-5,12-13H2,1H3,(H,27,28,29)(H2,30,31,33). The zero-order valence-electron chi connectivity index (χ0n) is 17.9. The first-order valence-corrected chi connectivity index (χ1v) is 10.5. The summed E-state index contributed by atoms with van der Waals surface area (Å²) < 4.78 is 39.3. The first-order valence-electron chi connectivity index (χ1n) is 10.5. The molecule has 1 aliphatic rings. The van der Waals surface area contributed by atoms with E-state index < -0.39 is 17.8 Å². The Kier molecular flexibility index (Phi) is 6.34. The molecule has 0 atom stereocenters. The Balaban J connectivity index is 1.40. The molecule has 172 valence electrons. The third kappa shape index (κ3) is 5.71.